The van der Waals surface area contributed by atoms with Crippen LogP contribution in [0.25, 0.3) is 0 Å². The smallest absolute Gasteiger partial charge is 0.319 e. The first-order valence-corrected chi connectivity index (χ1v) is 6.26. The van der Waals surface area contributed by atoms with Crippen molar-refractivity contribution in [2.75, 3.05) is 12.4 Å². The average molecular weight is 284 g/mol. The first-order chi connectivity index (χ1) is 8.99. The van der Waals surface area contributed by atoms with Gasteiger partial charge in [-0.25, -0.2) is 0 Å². The Morgan fingerprint density at radius 2 is 2.11 bits per heavy atom. The van der Waals surface area contributed by atoms with E-state index in [0.29, 0.717) is 29.3 Å². The molecular weight excluding hydrogens is 270 g/mol. The molecule has 1 aromatic carbocycles. The van der Waals surface area contributed by atoms with Crippen molar-refractivity contribution >= 4 is 29.2 Å². The van der Waals surface area contributed by atoms with Gasteiger partial charge in [-0.3, -0.25) is 9.59 Å². The van der Waals surface area contributed by atoms with E-state index in [1.807, 2.05) is 0 Å². The third-order valence-electron chi connectivity index (χ3n) is 3.46. The van der Waals surface area contributed by atoms with Gasteiger partial charge in [0.2, 0.25) is 5.91 Å². The van der Waals surface area contributed by atoms with Gasteiger partial charge in [0.15, 0.2) is 0 Å². The number of methoxy groups -OCH3 is 1. The number of carbonyl (C=O) groups excluding carboxylic acids is 1. The first kappa shape index (κ1) is 13.7. The zero-order chi connectivity index (χ0) is 14.0. The minimum atomic E-state index is -1.31. The van der Waals surface area contributed by atoms with Crippen LogP contribution < -0.4 is 10.1 Å². The predicted molar refractivity (Wildman–Crippen MR) is 70.6 cm³/mol. The van der Waals surface area contributed by atoms with E-state index in [0.717, 1.165) is 6.42 Å². The molecule has 5 nitrogen and oxygen atoms in total. The second kappa shape index (κ2) is 5.09. The Bertz CT molecular complexity index is 525. The molecular formula is C13H14ClNO4. The lowest BCUT2D eigenvalue weighted by Gasteiger charge is -2.35. The number of halogens is 1. The van der Waals surface area contributed by atoms with E-state index >= 15 is 0 Å². The van der Waals surface area contributed by atoms with Gasteiger partial charge in [-0.15, -0.1) is 0 Å². The summed E-state index contributed by atoms with van der Waals surface area (Å²) >= 11 is 5.86. The number of ether oxygens (including phenoxy) is 1. The van der Waals surface area contributed by atoms with E-state index in [1.54, 1.807) is 12.1 Å². The molecule has 0 aromatic heterocycles. The van der Waals surface area contributed by atoms with E-state index in [9.17, 15) is 14.7 Å². The second-order valence-corrected chi connectivity index (χ2v) is 4.98. The fourth-order valence-electron chi connectivity index (χ4n) is 2.09. The third kappa shape index (κ3) is 2.38. The Balaban J connectivity index is 2.23. The Morgan fingerprint density at radius 3 is 2.58 bits per heavy atom. The molecule has 0 saturated heterocycles. The van der Waals surface area contributed by atoms with Crippen molar-refractivity contribution in [1.29, 1.82) is 0 Å². The van der Waals surface area contributed by atoms with E-state index in [-0.39, 0.29) is 0 Å². The SMILES string of the molecule is COc1ccc(Cl)cc1NC(=O)C1(C(=O)O)CCC1. The van der Waals surface area contributed by atoms with Gasteiger partial charge in [0, 0.05) is 5.02 Å². The maximum atomic E-state index is 12.1. The summed E-state index contributed by atoms with van der Waals surface area (Å²) in [7, 11) is 1.47. The number of hydrogen-bond acceptors (Lipinski definition) is 3. The molecule has 0 aliphatic heterocycles. The van der Waals surface area contributed by atoms with E-state index in [2.05, 4.69) is 5.32 Å². The molecule has 0 unspecified atom stereocenters. The molecule has 19 heavy (non-hydrogen) atoms. The molecule has 0 spiro atoms. The van der Waals surface area contributed by atoms with Gasteiger partial charge in [0.25, 0.3) is 0 Å². The molecule has 1 aromatic rings. The number of carboxylic acids is 1. The molecule has 1 saturated carbocycles. The van der Waals surface area contributed by atoms with Crippen LogP contribution in [-0.4, -0.2) is 24.1 Å². The third-order valence-corrected chi connectivity index (χ3v) is 3.70. The minimum Gasteiger partial charge on any atom is -0.495 e. The Kier molecular flexibility index (Phi) is 3.66. The van der Waals surface area contributed by atoms with E-state index < -0.39 is 17.3 Å². The second-order valence-electron chi connectivity index (χ2n) is 4.54. The molecule has 2 rings (SSSR count). The maximum absolute atomic E-state index is 12.1. The van der Waals surface area contributed by atoms with Crippen molar-refractivity contribution < 1.29 is 19.4 Å². The average Bonchev–Trinajstić information content (AvgIpc) is 2.27. The van der Waals surface area contributed by atoms with Crippen molar-refractivity contribution in [2.45, 2.75) is 19.3 Å². The van der Waals surface area contributed by atoms with E-state index in [4.69, 9.17) is 16.3 Å². The molecule has 2 N–H and O–H groups in total. The summed E-state index contributed by atoms with van der Waals surface area (Å²) in [5.41, 5.74) is -0.930. The quantitative estimate of drug-likeness (QED) is 0.833. The minimum absolute atomic E-state index is 0.358. The van der Waals surface area contributed by atoms with Gasteiger partial charge in [0.05, 0.1) is 12.8 Å². The number of nitrogens with one attached hydrogen (secondary N) is 1. The number of anilines is 1. The highest BCUT2D eigenvalue weighted by Crippen LogP contribution is 2.42. The lowest BCUT2D eigenvalue weighted by Crippen LogP contribution is -2.48. The van der Waals surface area contributed by atoms with E-state index in [1.165, 1.54) is 13.2 Å². The van der Waals surface area contributed by atoms with Crippen LogP contribution in [0.3, 0.4) is 0 Å². The van der Waals surface area contributed by atoms with Crippen LogP contribution in [0.4, 0.5) is 5.69 Å². The molecule has 0 atom stereocenters. The Labute approximate surface area is 115 Å². The topological polar surface area (TPSA) is 75.6 Å². The molecule has 1 aliphatic rings. The lowest BCUT2D eigenvalue weighted by molar-refractivity contribution is -0.159. The number of carboxylic acid groups (broad SMARTS) is 1. The first-order valence-electron chi connectivity index (χ1n) is 5.88. The van der Waals surface area contributed by atoms with Crippen molar-refractivity contribution in [2.24, 2.45) is 5.41 Å². The largest absolute Gasteiger partial charge is 0.495 e. The lowest BCUT2D eigenvalue weighted by atomic mass is 9.68. The fraction of sp³-hybridized carbons (Fsp3) is 0.385. The van der Waals surface area contributed by atoms with Gasteiger partial charge < -0.3 is 15.2 Å². The van der Waals surface area contributed by atoms with Gasteiger partial charge in [-0.2, -0.15) is 0 Å². The highest BCUT2D eigenvalue weighted by molar-refractivity contribution is 6.31. The number of hydrogen-bond donors (Lipinski definition) is 2. The molecule has 102 valence electrons. The number of aliphatic carboxylic acids is 1. The molecule has 1 fully saturated rings. The van der Waals surface area contributed by atoms with Crippen LogP contribution >= 0.6 is 11.6 Å². The maximum Gasteiger partial charge on any atom is 0.319 e. The zero-order valence-electron chi connectivity index (χ0n) is 10.4. The van der Waals surface area contributed by atoms with Crippen molar-refractivity contribution in [3.8, 4) is 5.75 Å². The molecule has 0 radical (unpaired) electrons. The number of amides is 1. The normalized spacial score (nSPS) is 16.3. The van der Waals surface area contributed by atoms with Crippen molar-refractivity contribution in [3.05, 3.63) is 23.2 Å². The number of carbonyl (C=O) groups is 2. The van der Waals surface area contributed by atoms with Gasteiger partial charge in [-0.1, -0.05) is 18.0 Å². The summed E-state index contributed by atoms with van der Waals surface area (Å²) in [6.45, 7) is 0. The molecule has 1 aliphatic carbocycles. The van der Waals surface area contributed by atoms with Crippen LogP contribution in [0.5, 0.6) is 5.75 Å². The zero-order valence-corrected chi connectivity index (χ0v) is 11.2. The summed E-state index contributed by atoms with van der Waals surface area (Å²) in [5, 5.41) is 12.2. The number of benzene rings is 1. The summed E-state index contributed by atoms with van der Waals surface area (Å²) in [5.74, 6) is -1.17. The van der Waals surface area contributed by atoms with Gasteiger partial charge >= 0.3 is 5.97 Å². The highest BCUT2D eigenvalue weighted by atomic mass is 35.5. The summed E-state index contributed by atoms with van der Waals surface area (Å²) in [4.78, 5) is 23.4. The fourth-order valence-corrected chi connectivity index (χ4v) is 2.26. The Morgan fingerprint density at radius 1 is 1.42 bits per heavy atom. The van der Waals surface area contributed by atoms with Crippen LogP contribution in [-0.2, 0) is 9.59 Å². The van der Waals surface area contributed by atoms with Crippen LogP contribution in [0.1, 0.15) is 19.3 Å². The van der Waals surface area contributed by atoms with Crippen LogP contribution in [0.2, 0.25) is 5.02 Å². The predicted octanol–water partition coefficient (Wildman–Crippen LogP) is 2.54. The molecule has 1 amide bonds. The standard InChI is InChI=1S/C13H14ClNO4/c1-19-10-4-3-8(14)7-9(10)15-11(16)13(12(17)18)5-2-6-13/h3-4,7H,2,5-6H2,1H3,(H,15,16)(H,17,18). The van der Waals surface area contributed by atoms with Crippen LogP contribution in [0.15, 0.2) is 18.2 Å². The van der Waals surface area contributed by atoms with Crippen LogP contribution in [0, 0.1) is 5.41 Å². The summed E-state index contributed by atoms with van der Waals surface area (Å²) in [6.07, 6.45) is 1.46. The van der Waals surface area contributed by atoms with Gasteiger partial charge in [-0.05, 0) is 31.0 Å². The van der Waals surface area contributed by atoms with Crippen molar-refractivity contribution in [1.82, 2.24) is 0 Å². The molecule has 0 heterocycles. The van der Waals surface area contributed by atoms with Crippen molar-refractivity contribution in [3.63, 3.8) is 0 Å². The summed E-state index contributed by atoms with van der Waals surface area (Å²) in [6, 6.07) is 4.78. The highest BCUT2D eigenvalue weighted by Gasteiger charge is 2.51. The molecule has 6 heteroatoms. The van der Waals surface area contributed by atoms with Gasteiger partial charge in [0.1, 0.15) is 11.2 Å². The summed E-state index contributed by atoms with van der Waals surface area (Å²) < 4.78 is 5.11. The number of rotatable bonds is 4. The molecule has 0 bridgehead atoms. The monoisotopic (exact) mass is 283 g/mol. The Hall–Kier alpha value is -1.75.